The SMILES string of the molecule is CC(=O)c1cccc(S(=O)(=O)NC(=O)CCCc2ccc(Cl)cc2)c1. The predicted molar refractivity (Wildman–Crippen MR) is 96.2 cm³/mol. The van der Waals surface area contributed by atoms with Crippen molar-refractivity contribution >= 4 is 33.3 Å². The fourth-order valence-electron chi connectivity index (χ4n) is 2.25. The molecule has 0 saturated heterocycles. The Bertz CT molecular complexity index is 876. The van der Waals surface area contributed by atoms with E-state index in [2.05, 4.69) is 0 Å². The molecule has 0 atom stereocenters. The number of ketones is 1. The van der Waals surface area contributed by atoms with E-state index < -0.39 is 15.9 Å². The van der Waals surface area contributed by atoms with Crippen molar-refractivity contribution in [2.24, 2.45) is 0 Å². The fourth-order valence-corrected chi connectivity index (χ4v) is 3.43. The van der Waals surface area contributed by atoms with E-state index in [9.17, 15) is 18.0 Å². The number of hydrogen-bond acceptors (Lipinski definition) is 4. The first kappa shape index (κ1) is 19.1. The van der Waals surface area contributed by atoms with Crippen LogP contribution < -0.4 is 4.72 Å². The van der Waals surface area contributed by atoms with Crippen molar-refractivity contribution < 1.29 is 18.0 Å². The van der Waals surface area contributed by atoms with Gasteiger partial charge < -0.3 is 0 Å². The van der Waals surface area contributed by atoms with E-state index in [0.29, 0.717) is 17.9 Å². The van der Waals surface area contributed by atoms with Crippen molar-refractivity contribution in [3.8, 4) is 0 Å². The van der Waals surface area contributed by atoms with Crippen LogP contribution in [0.15, 0.2) is 53.4 Å². The van der Waals surface area contributed by atoms with Crippen LogP contribution >= 0.6 is 11.6 Å². The number of halogens is 1. The second kappa shape index (κ2) is 8.27. The Labute approximate surface area is 152 Å². The molecule has 132 valence electrons. The van der Waals surface area contributed by atoms with Crippen molar-refractivity contribution in [3.05, 3.63) is 64.7 Å². The van der Waals surface area contributed by atoms with Crippen molar-refractivity contribution in [1.82, 2.24) is 4.72 Å². The van der Waals surface area contributed by atoms with Gasteiger partial charge in [-0.2, -0.15) is 0 Å². The number of amides is 1. The monoisotopic (exact) mass is 379 g/mol. The normalized spacial score (nSPS) is 11.1. The molecule has 0 aliphatic rings. The first-order chi connectivity index (χ1) is 11.8. The van der Waals surface area contributed by atoms with Gasteiger partial charge in [-0.3, -0.25) is 9.59 Å². The van der Waals surface area contributed by atoms with Gasteiger partial charge in [-0.25, -0.2) is 13.1 Å². The number of benzene rings is 2. The Morgan fingerprint density at radius 3 is 2.40 bits per heavy atom. The maximum absolute atomic E-state index is 12.2. The highest BCUT2D eigenvalue weighted by Gasteiger charge is 2.18. The number of hydrogen-bond donors (Lipinski definition) is 1. The summed E-state index contributed by atoms with van der Waals surface area (Å²) in [5.74, 6) is -0.825. The molecule has 0 aliphatic heterocycles. The maximum atomic E-state index is 12.2. The van der Waals surface area contributed by atoms with Gasteiger partial charge in [0.1, 0.15) is 0 Å². The van der Waals surface area contributed by atoms with E-state index in [4.69, 9.17) is 11.6 Å². The summed E-state index contributed by atoms with van der Waals surface area (Å²) in [7, 11) is -3.99. The lowest BCUT2D eigenvalue weighted by Gasteiger charge is -2.08. The van der Waals surface area contributed by atoms with Crippen molar-refractivity contribution in [3.63, 3.8) is 0 Å². The molecule has 0 radical (unpaired) electrons. The number of carbonyl (C=O) groups is 2. The van der Waals surface area contributed by atoms with Gasteiger partial charge in [0.2, 0.25) is 5.91 Å². The molecule has 0 aromatic heterocycles. The lowest BCUT2D eigenvalue weighted by molar-refractivity contribution is -0.119. The Balaban J connectivity index is 1.93. The van der Waals surface area contributed by atoms with Crippen LogP contribution in [0, 0.1) is 0 Å². The average molecular weight is 380 g/mol. The summed E-state index contributed by atoms with van der Waals surface area (Å²) in [6.07, 6.45) is 1.23. The molecule has 0 fully saturated rings. The topological polar surface area (TPSA) is 80.3 Å². The average Bonchev–Trinajstić information content (AvgIpc) is 2.56. The lowest BCUT2D eigenvalue weighted by Crippen LogP contribution is -2.30. The number of rotatable bonds is 7. The van der Waals surface area contributed by atoms with Crippen LogP contribution in [0.5, 0.6) is 0 Å². The second-order valence-electron chi connectivity index (χ2n) is 5.59. The van der Waals surface area contributed by atoms with Gasteiger partial charge in [-0.1, -0.05) is 35.9 Å². The zero-order valence-corrected chi connectivity index (χ0v) is 15.2. The molecule has 1 N–H and O–H groups in total. The molecule has 7 heteroatoms. The Morgan fingerprint density at radius 1 is 1.08 bits per heavy atom. The predicted octanol–water partition coefficient (Wildman–Crippen LogP) is 3.37. The van der Waals surface area contributed by atoms with E-state index in [1.165, 1.54) is 31.2 Å². The van der Waals surface area contributed by atoms with E-state index in [1.807, 2.05) is 16.9 Å². The molecule has 0 spiro atoms. The van der Waals surface area contributed by atoms with Gasteiger partial charge in [-0.15, -0.1) is 0 Å². The van der Waals surface area contributed by atoms with Crippen LogP contribution in [-0.2, 0) is 21.2 Å². The van der Waals surface area contributed by atoms with Crippen LogP contribution in [0.3, 0.4) is 0 Å². The summed E-state index contributed by atoms with van der Waals surface area (Å²) in [5, 5.41) is 0.639. The molecule has 2 rings (SSSR count). The van der Waals surface area contributed by atoms with Gasteiger partial charge in [0.15, 0.2) is 5.78 Å². The molecule has 2 aromatic carbocycles. The minimum Gasteiger partial charge on any atom is -0.295 e. The molecule has 0 aliphatic carbocycles. The summed E-state index contributed by atoms with van der Waals surface area (Å²) < 4.78 is 26.5. The Hall–Kier alpha value is -2.18. The molecular formula is C18H18ClNO4S. The van der Waals surface area contributed by atoms with E-state index in [-0.39, 0.29) is 22.7 Å². The number of carbonyl (C=O) groups excluding carboxylic acids is 2. The van der Waals surface area contributed by atoms with Crippen LogP contribution in [0.1, 0.15) is 35.7 Å². The minimum atomic E-state index is -3.99. The van der Waals surface area contributed by atoms with Crippen LogP contribution in [0.4, 0.5) is 0 Å². The van der Waals surface area contributed by atoms with Crippen LogP contribution in [0.25, 0.3) is 0 Å². The molecule has 0 saturated carbocycles. The largest absolute Gasteiger partial charge is 0.295 e. The third kappa shape index (κ3) is 5.69. The molecule has 1 amide bonds. The molecule has 2 aromatic rings. The van der Waals surface area contributed by atoms with Gasteiger partial charge in [-0.05, 0) is 49.6 Å². The quantitative estimate of drug-likeness (QED) is 0.748. The summed E-state index contributed by atoms with van der Waals surface area (Å²) in [4.78, 5) is 23.2. The zero-order valence-electron chi connectivity index (χ0n) is 13.7. The van der Waals surface area contributed by atoms with Crippen molar-refractivity contribution in [2.45, 2.75) is 31.1 Å². The summed E-state index contributed by atoms with van der Waals surface area (Å²) in [6, 6.07) is 12.9. The van der Waals surface area contributed by atoms with E-state index >= 15 is 0 Å². The molecule has 0 unspecified atom stereocenters. The van der Waals surface area contributed by atoms with Gasteiger partial charge in [0.05, 0.1) is 4.90 Å². The summed E-state index contributed by atoms with van der Waals surface area (Å²) in [6.45, 7) is 1.35. The number of Topliss-reactive ketones (excluding diaryl/α,β-unsaturated/α-hetero) is 1. The van der Waals surface area contributed by atoms with Gasteiger partial charge >= 0.3 is 0 Å². The first-order valence-electron chi connectivity index (χ1n) is 7.69. The number of nitrogens with one attached hydrogen (secondary N) is 1. The fraction of sp³-hybridized carbons (Fsp3) is 0.222. The van der Waals surface area contributed by atoms with E-state index in [0.717, 1.165) is 5.56 Å². The lowest BCUT2D eigenvalue weighted by atomic mass is 10.1. The van der Waals surface area contributed by atoms with Crippen molar-refractivity contribution in [2.75, 3.05) is 0 Å². The molecule has 0 bridgehead atoms. The molecule has 0 heterocycles. The van der Waals surface area contributed by atoms with Gasteiger partial charge in [0, 0.05) is 17.0 Å². The highest BCUT2D eigenvalue weighted by atomic mass is 35.5. The summed E-state index contributed by atoms with van der Waals surface area (Å²) >= 11 is 5.81. The Kier molecular flexibility index (Phi) is 6.33. The minimum absolute atomic E-state index is 0.0776. The van der Waals surface area contributed by atoms with Crippen LogP contribution in [0.2, 0.25) is 5.02 Å². The van der Waals surface area contributed by atoms with E-state index in [1.54, 1.807) is 12.1 Å². The highest BCUT2D eigenvalue weighted by Crippen LogP contribution is 2.14. The third-order valence-corrected chi connectivity index (χ3v) is 5.20. The maximum Gasteiger partial charge on any atom is 0.264 e. The molecular weight excluding hydrogens is 362 g/mol. The standard InChI is InChI=1S/C18H18ClNO4S/c1-13(21)15-5-3-6-17(12-15)25(23,24)20-18(22)7-2-4-14-8-10-16(19)11-9-14/h3,5-6,8-12H,2,4,7H2,1H3,(H,20,22). The second-order valence-corrected chi connectivity index (χ2v) is 7.71. The summed E-state index contributed by atoms with van der Waals surface area (Å²) in [5.41, 5.74) is 1.30. The van der Waals surface area contributed by atoms with Crippen LogP contribution in [-0.4, -0.2) is 20.1 Å². The number of sulfonamides is 1. The molecule has 5 nitrogen and oxygen atoms in total. The Morgan fingerprint density at radius 2 is 1.76 bits per heavy atom. The third-order valence-electron chi connectivity index (χ3n) is 3.58. The smallest absolute Gasteiger partial charge is 0.264 e. The van der Waals surface area contributed by atoms with Gasteiger partial charge in [0.25, 0.3) is 10.0 Å². The zero-order chi connectivity index (χ0) is 18.4. The highest BCUT2D eigenvalue weighted by molar-refractivity contribution is 7.90. The molecule has 25 heavy (non-hydrogen) atoms. The first-order valence-corrected chi connectivity index (χ1v) is 9.55. The van der Waals surface area contributed by atoms with Crippen molar-refractivity contribution in [1.29, 1.82) is 0 Å². The number of aryl methyl sites for hydroxylation is 1.